The van der Waals surface area contributed by atoms with Crippen LogP contribution in [0.15, 0.2) is 0 Å². The van der Waals surface area contributed by atoms with Crippen LogP contribution in [0.3, 0.4) is 0 Å². The van der Waals surface area contributed by atoms with E-state index in [9.17, 15) is 0 Å². The molecule has 3 atom stereocenters. The molecule has 0 spiro atoms. The predicted octanol–water partition coefficient (Wildman–Crippen LogP) is 3.42. The minimum Gasteiger partial charge on any atom is -0.312 e. The number of hydrogen-bond acceptors (Lipinski definition) is 2. The second-order valence-electron chi connectivity index (χ2n) is 6.97. The number of hydrogen-bond donors (Lipinski definition) is 1. The molecule has 1 heterocycles. The monoisotopic (exact) mass is 252 g/mol. The van der Waals surface area contributed by atoms with E-state index in [1.807, 2.05) is 0 Å². The van der Waals surface area contributed by atoms with Crippen LogP contribution in [-0.4, -0.2) is 36.1 Å². The highest BCUT2D eigenvalue weighted by molar-refractivity contribution is 5.03. The third kappa shape index (κ3) is 2.75. The Morgan fingerprint density at radius 1 is 1.22 bits per heavy atom. The van der Waals surface area contributed by atoms with Gasteiger partial charge in [-0.15, -0.1) is 0 Å². The van der Waals surface area contributed by atoms with Gasteiger partial charge in [-0.25, -0.2) is 0 Å². The molecule has 0 aromatic carbocycles. The van der Waals surface area contributed by atoms with E-state index in [-0.39, 0.29) is 0 Å². The SMILES string of the molecule is CCCNC1C(N2CCCC2CC)CCC1(C)C. The molecule has 0 amide bonds. The zero-order valence-corrected chi connectivity index (χ0v) is 12.8. The van der Waals surface area contributed by atoms with Gasteiger partial charge in [0.2, 0.25) is 0 Å². The first-order valence-corrected chi connectivity index (χ1v) is 8.09. The van der Waals surface area contributed by atoms with E-state index in [2.05, 4.69) is 37.9 Å². The normalized spacial score (nSPS) is 36.3. The molecule has 2 fully saturated rings. The van der Waals surface area contributed by atoms with Crippen molar-refractivity contribution in [1.82, 2.24) is 10.2 Å². The molecule has 18 heavy (non-hydrogen) atoms. The van der Waals surface area contributed by atoms with Crippen LogP contribution in [-0.2, 0) is 0 Å². The molecule has 1 saturated heterocycles. The van der Waals surface area contributed by atoms with E-state index in [1.165, 1.54) is 51.6 Å². The van der Waals surface area contributed by atoms with Crippen molar-refractivity contribution in [2.45, 2.75) is 84.3 Å². The lowest BCUT2D eigenvalue weighted by atomic mass is 9.86. The molecule has 3 unspecified atom stereocenters. The topological polar surface area (TPSA) is 15.3 Å². The molecule has 2 rings (SSSR count). The maximum atomic E-state index is 3.85. The molecule has 1 aliphatic heterocycles. The maximum absolute atomic E-state index is 3.85. The first kappa shape index (κ1) is 14.3. The fraction of sp³-hybridized carbons (Fsp3) is 1.00. The van der Waals surface area contributed by atoms with Crippen LogP contribution in [0.25, 0.3) is 0 Å². The van der Waals surface area contributed by atoms with Crippen LogP contribution in [0.2, 0.25) is 0 Å². The van der Waals surface area contributed by atoms with Crippen LogP contribution in [0, 0.1) is 5.41 Å². The van der Waals surface area contributed by atoms with Gasteiger partial charge in [0.05, 0.1) is 0 Å². The molecular formula is C16H32N2. The number of nitrogens with zero attached hydrogens (tertiary/aromatic N) is 1. The molecule has 0 radical (unpaired) electrons. The Balaban J connectivity index is 2.06. The number of rotatable bonds is 5. The first-order chi connectivity index (χ1) is 8.60. The van der Waals surface area contributed by atoms with E-state index in [1.54, 1.807) is 0 Å². The number of likely N-dealkylation sites (tertiary alicyclic amines) is 1. The van der Waals surface area contributed by atoms with Gasteiger partial charge in [0.1, 0.15) is 0 Å². The summed E-state index contributed by atoms with van der Waals surface area (Å²) in [7, 11) is 0. The Labute approximate surface area is 114 Å². The van der Waals surface area contributed by atoms with Gasteiger partial charge in [-0.2, -0.15) is 0 Å². The summed E-state index contributed by atoms with van der Waals surface area (Å²) in [5, 5.41) is 3.85. The van der Waals surface area contributed by atoms with Crippen molar-refractivity contribution in [2.75, 3.05) is 13.1 Å². The van der Waals surface area contributed by atoms with Crippen molar-refractivity contribution < 1.29 is 0 Å². The van der Waals surface area contributed by atoms with Gasteiger partial charge in [0, 0.05) is 18.1 Å². The van der Waals surface area contributed by atoms with Crippen LogP contribution in [0.1, 0.15) is 66.2 Å². The molecule has 0 aromatic heterocycles. The molecule has 2 nitrogen and oxygen atoms in total. The van der Waals surface area contributed by atoms with Gasteiger partial charge in [0.25, 0.3) is 0 Å². The van der Waals surface area contributed by atoms with Gasteiger partial charge < -0.3 is 5.32 Å². The molecular weight excluding hydrogens is 220 g/mol. The fourth-order valence-corrected chi connectivity index (χ4v) is 4.17. The van der Waals surface area contributed by atoms with E-state index in [4.69, 9.17) is 0 Å². The molecule has 1 N–H and O–H groups in total. The summed E-state index contributed by atoms with van der Waals surface area (Å²) in [5.74, 6) is 0. The van der Waals surface area contributed by atoms with Gasteiger partial charge in [-0.05, 0) is 57.0 Å². The summed E-state index contributed by atoms with van der Waals surface area (Å²) in [5.41, 5.74) is 0.473. The lowest BCUT2D eigenvalue weighted by Crippen LogP contribution is -2.53. The summed E-state index contributed by atoms with van der Waals surface area (Å²) in [6.07, 6.45) is 8.19. The maximum Gasteiger partial charge on any atom is 0.0274 e. The standard InChI is InChI=1S/C16H32N2/c1-5-11-17-15-14(9-10-16(15,3)4)18-12-7-8-13(18)6-2/h13-15,17H,5-12H2,1-4H3. The van der Waals surface area contributed by atoms with Crippen molar-refractivity contribution in [3.05, 3.63) is 0 Å². The largest absolute Gasteiger partial charge is 0.312 e. The second kappa shape index (κ2) is 5.92. The van der Waals surface area contributed by atoms with Crippen LogP contribution in [0.5, 0.6) is 0 Å². The fourth-order valence-electron chi connectivity index (χ4n) is 4.17. The van der Waals surface area contributed by atoms with Crippen LogP contribution in [0.4, 0.5) is 0 Å². The highest BCUT2D eigenvalue weighted by Gasteiger charge is 2.46. The summed E-state index contributed by atoms with van der Waals surface area (Å²) < 4.78 is 0. The van der Waals surface area contributed by atoms with E-state index >= 15 is 0 Å². The zero-order chi connectivity index (χ0) is 13.2. The Bertz CT molecular complexity index is 262. The summed E-state index contributed by atoms with van der Waals surface area (Å²) >= 11 is 0. The lowest BCUT2D eigenvalue weighted by molar-refractivity contribution is 0.129. The van der Waals surface area contributed by atoms with Crippen LogP contribution < -0.4 is 5.32 Å². The Morgan fingerprint density at radius 3 is 2.67 bits per heavy atom. The molecule has 106 valence electrons. The van der Waals surface area contributed by atoms with E-state index in [0.29, 0.717) is 11.5 Å². The number of nitrogens with one attached hydrogen (secondary N) is 1. The van der Waals surface area contributed by atoms with Gasteiger partial charge >= 0.3 is 0 Å². The Morgan fingerprint density at radius 2 is 2.00 bits per heavy atom. The van der Waals surface area contributed by atoms with Crippen molar-refractivity contribution >= 4 is 0 Å². The van der Waals surface area contributed by atoms with Gasteiger partial charge in [-0.1, -0.05) is 27.7 Å². The molecule has 0 aromatic rings. The minimum absolute atomic E-state index is 0.473. The van der Waals surface area contributed by atoms with E-state index in [0.717, 1.165) is 12.1 Å². The van der Waals surface area contributed by atoms with Crippen molar-refractivity contribution in [3.63, 3.8) is 0 Å². The molecule has 1 aliphatic carbocycles. The molecule has 2 heteroatoms. The zero-order valence-electron chi connectivity index (χ0n) is 12.8. The highest BCUT2D eigenvalue weighted by atomic mass is 15.2. The van der Waals surface area contributed by atoms with Gasteiger partial charge in [0.15, 0.2) is 0 Å². The van der Waals surface area contributed by atoms with Crippen molar-refractivity contribution in [1.29, 1.82) is 0 Å². The van der Waals surface area contributed by atoms with Gasteiger partial charge in [-0.3, -0.25) is 4.90 Å². The average Bonchev–Trinajstić information content (AvgIpc) is 2.90. The highest BCUT2D eigenvalue weighted by Crippen LogP contribution is 2.42. The van der Waals surface area contributed by atoms with Crippen molar-refractivity contribution in [2.24, 2.45) is 5.41 Å². The summed E-state index contributed by atoms with van der Waals surface area (Å²) in [6.45, 7) is 12.1. The Hall–Kier alpha value is -0.0800. The molecule has 2 aliphatic rings. The quantitative estimate of drug-likeness (QED) is 0.806. The third-order valence-electron chi connectivity index (χ3n) is 5.25. The van der Waals surface area contributed by atoms with Crippen molar-refractivity contribution in [3.8, 4) is 0 Å². The average molecular weight is 252 g/mol. The molecule has 1 saturated carbocycles. The smallest absolute Gasteiger partial charge is 0.0274 e. The Kier molecular flexibility index (Phi) is 4.71. The lowest BCUT2D eigenvalue weighted by Gasteiger charge is -2.38. The first-order valence-electron chi connectivity index (χ1n) is 8.09. The predicted molar refractivity (Wildman–Crippen MR) is 78.9 cm³/mol. The van der Waals surface area contributed by atoms with E-state index < -0.39 is 0 Å². The molecule has 0 bridgehead atoms. The summed E-state index contributed by atoms with van der Waals surface area (Å²) in [6, 6.07) is 2.35. The third-order valence-corrected chi connectivity index (χ3v) is 5.25. The second-order valence-corrected chi connectivity index (χ2v) is 6.97. The summed E-state index contributed by atoms with van der Waals surface area (Å²) in [4.78, 5) is 2.84. The minimum atomic E-state index is 0.473. The van der Waals surface area contributed by atoms with Crippen LogP contribution >= 0.6 is 0 Å².